The van der Waals surface area contributed by atoms with Crippen LogP contribution in [0.3, 0.4) is 0 Å². The molecule has 1 fully saturated rings. The van der Waals surface area contributed by atoms with Crippen molar-refractivity contribution in [3.8, 4) is 11.1 Å². The zero-order valence-corrected chi connectivity index (χ0v) is 44.5. The predicted molar refractivity (Wildman–Crippen MR) is 275 cm³/mol. The van der Waals surface area contributed by atoms with E-state index in [-0.39, 0.29) is 25.7 Å². The second kappa shape index (κ2) is 19.6. The molecule has 0 aromatic heterocycles. The summed E-state index contributed by atoms with van der Waals surface area (Å²) < 4.78 is 11.2. The van der Waals surface area contributed by atoms with Crippen molar-refractivity contribution in [3.05, 3.63) is 83.9 Å². The highest BCUT2D eigenvalue weighted by Crippen LogP contribution is 2.50. The molecule has 5 N–H and O–H groups in total. The van der Waals surface area contributed by atoms with E-state index in [4.69, 9.17) is 9.47 Å². The number of hydrogen-bond donors (Lipinski definition) is 5. The van der Waals surface area contributed by atoms with Crippen molar-refractivity contribution in [3.63, 3.8) is 0 Å². The number of esters is 1. The molecule has 5 amide bonds. The fourth-order valence-corrected chi connectivity index (χ4v) is 10.6. The number of carbonyl (C=O) groups excluding carboxylic acids is 7. The number of amides is 5. The summed E-state index contributed by atoms with van der Waals surface area (Å²) in [4.78, 5) is 99.8. The van der Waals surface area contributed by atoms with Crippen LogP contribution in [0.5, 0.6) is 0 Å². The van der Waals surface area contributed by atoms with E-state index < -0.39 is 98.4 Å². The van der Waals surface area contributed by atoms with E-state index in [1.54, 1.807) is 69.2 Å². The lowest BCUT2D eigenvalue weighted by atomic mass is 9.59. The molecule has 0 spiro atoms. The quantitative estimate of drug-likeness (QED) is 0.0703. The molecule has 0 unspecified atom stereocenters. The Labute approximate surface area is 423 Å². The highest BCUT2D eigenvalue weighted by Gasteiger charge is 2.62. The second-order valence-corrected chi connectivity index (χ2v) is 23.7. The van der Waals surface area contributed by atoms with Crippen LogP contribution >= 0.6 is 0 Å². The van der Waals surface area contributed by atoms with Crippen molar-refractivity contribution < 1.29 is 48.2 Å². The number of hydroxylamine groups is 2. The molecule has 0 bridgehead atoms. The molecule has 4 aromatic rings. The zero-order chi connectivity index (χ0) is 53.7. The molecule has 3 atom stereocenters. The maximum atomic E-state index is 15.3. The average Bonchev–Trinajstić information content (AvgIpc) is 3.41. The number of nitrogens with one attached hydrogen (secondary N) is 5. The molecule has 1 saturated heterocycles. The van der Waals surface area contributed by atoms with Gasteiger partial charge in [-0.25, -0.2) is 9.59 Å². The van der Waals surface area contributed by atoms with Crippen molar-refractivity contribution in [2.24, 2.45) is 5.41 Å². The number of ketones is 1. The van der Waals surface area contributed by atoms with Gasteiger partial charge < -0.3 is 36.1 Å². The molecular formula is C56H73N6O10. The first-order valence-corrected chi connectivity index (χ1v) is 24.6. The number of alkyl carbamates (subject to hydrolysis) is 1. The smallest absolute Gasteiger partial charge is 0.408 e. The van der Waals surface area contributed by atoms with Crippen molar-refractivity contribution in [1.29, 1.82) is 0 Å². The van der Waals surface area contributed by atoms with Gasteiger partial charge >= 0.3 is 12.1 Å². The van der Waals surface area contributed by atoms with Gasteiger partial charge in [0.1, 0.15) is 40.3 Å². The summed E-state index contributed by atoms with van der Waals surface area (Å²) in [5.41, 5.74) is -6.40. The maximum absolute atomic E-state index is 15.3. The molecule has 4 aromatic carbocycles. The van der Waals surface area contributed by atoms with Gasteiger partial charge in [-0.1, -0.05) is 72.8 Å². The summed E-state index contributed by atoms with van der Waals surface area (Å²) in [6.45, 7) is 23.9. The SMILES string of the molecule is C[C@H](NC(=O)C1(NC(=O)OC(C)(C)C)Cc2ccc3ccccc3c2-c2c(ccc3ccccc23)C1)C(=O)NC(C)(C)C(=O)C1(C(=O)N[C@@H](C)C(=O)N[C@@H](C)C(=O)OC(C)(C)C)CC(C)(C)N([O])C(C)(C)C1. The van der Waals surface area contributed by atoms with Crippen LogP contribution in [-0.2, 0) is 56.3 Å². The van der Waals surface area contributed by atoms with E-state index in [2.05, 4.69) is 26.6 Å². The Kier molecular flexibility index (Phi) is 14.9. The Balaban J connectivity index is 1.32. The van der Waals surface area contributed by atoms with E-state index in [0.717, 1.165) is 48.9 Å². The Morgan fingerprint density at radius 1 is 0.569 bits per heavy atom. The molecule has 0 saturated carbocycles. The van der Waals surface area contributed by atoms with Crippen LogP contribution in [0.4, 0.5) is 4.79 Å². The fourth-order valence-electron chi connectivity index (χ4n) is 10.6. The van der Waals surface area contributed by atoms with E-state index in [0.29, 0.717) is 0 Å². The number of hydrogen-bond acceptors (Lipinski definition) is 10. The minimum Gasteiger partial charge on any atom is -0.458 e. The maximum Gasteiger partial charge on any atom is 0.408 e. The van der Waals surface area contributed by atoms with Gasteiger partial charge in [-0.05, 0) is 160 Å². The molecule has 2 aliphatic rings. The monoisotopic (exact) mass is 990 g/mol. The summed E-state index contributed by atoms with van der Waals surface area (Å²) in [5, 5.41) is 32.3. The second-order valence-electron chi connectivity index (χ2n) is 23.7. The third-order valence-corrected chi connectivity index (χ3v) is 13.5. The van der Waals surface area contributed by atoms with Crippen LogP contribution in [0.15, 0.2) is 72.8 Å². The van der Waals surface area contributed by atoms with Crippen LogP contribution in [0.1, 0.15) is 128 Å². The molecule has 1 aliphatic heterocycles. The third-order valence-electron chi connectivity index (χ3n) is 13.5. The van der Waals surface area contributed by atoms with Gasteiger partial charge in [-0.2, -0.15) is 0 Å². The van der Waals surface area contributed by atoms with Gasteiger partial charge in [0, 0.05) is 23.9 Å². The highest BCUT2D eigenvalue weighted by molar-refractivity contribution is 6.13. The lowest BCUT2D eigenvalue weighted by Gasteiger charge is -2.55. The van der Waals surface area contributed by atoms with Crippen molar-refractivity contribution in [2.45, 2.75) is 181 Å². The Morgan fingerprint density at radius 3 is 1.49 bits per heavy atom. The van der Waals surface area contributed by atoms with Crippen molar-refractivity contribution in [2.75, 3.05) is 0 Å². The number of carbonyl (C=O) groups is 7. The zero-order valence-electron chi connectivity index (χ0n) is 44.5. The van der Waals surface area contributed by atoms with Gasteiger partial charge in [0.15, 0.2) is 5.78 Å². The van der Waals surface area contributed by atoms with E-state index in [1.807, 2.05) is 72.8 Å². The number of Topliss-reactive ketones (excluding diaryl/α,β-unsaturated/α-hetero) is 1. The lowest BCUT2D eigenvalue weighted by Crippen LogP contribution is -2.71. The number of benzene rings is 4. The van der Waals surface area contributed by atoms with Gasteiger partial charge in [0.05, 0.1) is 5.54 Å². The number of nitrogens with zero attached hydrogens (tertiary/aromatic N) is 1. The predicted octanol–water partition coefficient (Wildman–Crippen LogP) is 7.33. The Bertz CT molecular complexity index is 2710. The molecule has 6 rings (SSSR count). The minimum atomic E-state index is -1.97. The number of piperidine rings is 1. The number of fused-ring (bicyclic) bond motifs is 7. The van der Waals surface area contributed by atoms with E-state index in [1.165, 1.54) is 34.6 Å². The van der Waals surface area contributed by atoms with Crippen LogP contribution < -0.4 is 26.6 Å². The molecule has 1 heterocycles. The number of rotatable bonds is 12. The topological polar surface area (TPSA) is 221 Å². The molecule has 387 valence electrons. The first-order valence-electron chi connectivity index (χ1n) is 24.6. The standard InChI is InChI=1S/C56H73N6O10/c1-32(43(63)57-34(3)45(65)71-50(4,5)6)58-47(67)55(30-52(10,11)62(70)53(12,13)31-55)46(66)54(14,15)60-44(64)33(2)59-48(68)56(61-49(69)72-51(7,8)9)28-37-26-24-35-20-16-18-22-39(35)41(37)42-38(29-56)27-25-36-21-17-19-23-40(36)42/h16-27,32-34H,28-31H2,1-15H3,(H,57,63)(H,58,67)(H,59,68)(H,60,64)(H,61,69)/t32-,33-,34-/m0/s1. The largest absolute Gasteiger partial charge is 0.458 e. The summed E-state index contributed by atoms with van der Waals surface area (Å²) in [5.74, 6) is -4.44. The van der Waals surface area contributed by atoms with Gasteiger partial charge in [0.2, 0.25) is 23.6 Å². The Hall–Kier alpha value is -6.39. The van der Waals surface area contributed by atoms with Crippen LogP contribution in [0, 0.1) is 5.41 Å². The summed E-state index contributed by atoms with van der Waals surface area (Å²) >= 11 is 0. The molecule has 16 nitrogen and oxygen atoms in total. The normalized spacial score (nSPS) is 18.4. The highest BCUT2D eigenvalue weighted by atomic mass is 16.6. The van der Waals surface area contributed by atoms with Gasteiger partial charge in [0.25, 0.3) is 0 Å². The van der Waals surface area contributed by atoms with Crippen LogP contribution in [-0.4, -0.2) is 98.0 Å². The van der Waals surface area contributed by atoms with Crippen molar-refractivity contribution >= 4 is 63.0 Å². The van der Waals surface area contributed by atoms with Crippen molar-refractivity contribution in [1.82, 2.24) is 31.6 Å². The molecular weight excluding hydrogens is 917 g/mol. The molecule has 72 heavy (non-hydrogen) atoms. The van der Waals surface area contributed by atoms with Crippen LogP contribution in [0.25, 0.3) is 32.7 Å². The fraction of sp³-hybridized carbons (Fsp3) is 0.518. The molecule has 1 radical (unpaired) electrons. The van der Waals surface area contributed by atoms with Crippen LogP contribution in [0.2, 0.25) is 0 Å². The first-order chi connectivity index (χ1) is 33.1. The molecule has 16 heteroatoms. The lowest BCUT2D eigenvalue weighted by molar-refractivity contribution is -0.299. The first kappa shape index (κ1) is 54.9. The minimum absolute atomic E-state index is 0.00979. The van der Waals surface area contributed by atoms with Gasteiger partial charge in [-0.15, -0.1) is 10.3 Å². The average molecular weight is 990 g/mol. The number of ether oxygens (including phenoxy) is 2. The Morgan fingerprint density at radius 2 is 1.01 bits per heavy atom. The summed E-state index contributed by atoms with van der Waals surface area (Å²) in [6, 6.07) is 20.2. The molecule has 1 aliphatic carbocycles. The van der Waals surface area contributed by atoms with Gasteiger partial charge in [-0.3, -0.25) is 24.0 Å². The van der Waals surface area contributed by atoms with E-state index >= 15 is 9.59 Å². The summed E-state index contributed by atoms with van der Waals surface area (Å²) in [7, 11) is 0. The summed E-state index contributed by atoms with van der Waals surface area (Å²) in [6.07, 6.45) is -1.38. The van der Waals surface area contributed by atoms with E-state index in [9.17, 15) is 29.2 Å². The third kappa shape index (κ3) is 11.4.